The van der Waals surface area contributed by atoms with Crippen LogP contribution < -0.4 is 4.74 Å². The fourth-order valence-electron chi connectivity index (χ4n) is 1.73. The molecule has 0 saturated heterocycles. The van der Waals surface area contributed by atoms with E-state index in [2.05, 4.69) is 9.97 Å². The van der Waals surface area contributed by atoms with E-state index in [0.717, 1.165) is 12.1 Å². The number of hydrogen-bond acceptors (Lipinski definition) is 4. The van der Waals surface area contributed by atoms with Crippen LogP contribution in [0.4, 0.5) is 8.78 Å². The Bertz CT molecular complexity index is 558. The number of aromatic nitrogens is 2. The molecule has 1 atom stereocenters. The molecular formula is C13H12F2N2O2. The highest BCUT2D eigenvalue weighted by Crippen LogP contribution is 2.23. The number of methoxy groups -OCH3 is 1. The monoisotopic (exact) mass is 266 g/mol. The van der Waals surface area contributed by atoms with Crippen molar-refractivity contribution in [1.82, 2.24) is 9.97 Å². The molecule has 1 N–H and O–H groups in total. The molecule has 0 aliphatic heterocycles. The van der Waals surface area contributed by atoms with E-state index in [4.69, 9.17) is 4.74 Å². The average Bonchev–Trinajstić information content (AvgIpc) is 2.38. The summed E-state index contributed by atoms with van der Waals surface area (Å²) in [6.45, 7) is 0. The number of halogens is 2. The van der Waals surface area contributed by atoms with Crippen LogP contribution in [0.2, 0.25) is 0 Å². The highest BCUT2D eigenvalue weighted by Gasteiger charge is 2.18. The molecule has 19 heavy (non-hydrogen) atoms. The summed E-state index contributed by atoms with van der Waals surface area (Å²) in [5.74, 6) is -1.24. The third-order valence-electron chi connectivity index (χ3n) is 2.64. The molecule has 100 valence electrons. The van der Waals surface area contributed by atoms with Gasteiger partial charge < -0.3 is 9.84 Å². The topological polar surface area (TPSA) is 55.2 Å². The van der Waals surface area contributed by atoms with Gasteiger partial charge in [0, 0.05) is 12.5 Å². The first-order chi connectivity index (χ1) is 9.11. The van der Waals surface area contributed by atoms with Gasteiger partial charge in [-0.1, -0.05) is 6.07 Å². The zero-order chi connectivity index (χ0) is 13.8. The first-order valence-corrected chi connectivity index (χ1v) is 5.58. The molecule has 2 rings (SSSR count). The zero-order valence-corrected chi connectivity index (χ0v) is 10.2. The Kier molecular flexibility index (Phi) is 4.01. The van der Waals surface area contributed by atoms with Crippen LogP contribution in [0.1, 0.15) is 17.4 Å². The Labute approximate surface area is 108 Å². The maximum atomic E-state index is 13.5. The van der Waals surface area contributed by atoms with Crippen molar-refractivity contribution in [2.45, 2.75) is 12.5 Å². The predicted octanol–water partition coefficient (Wildman–Crippen LogP) is 2.04. The van der Waals surface area contributed by atoms with E-state index < -0.39 is 17.7 Å². The number of nitrogens with zero attached hydrogens (tertiary/aromatic N) is 2. The Morgan fingerprint density at radius 2 is 1.95 bits per heavy atom. The van der Waals surface area contributed by atoms with Crippen molar-refractivity contribution in [3.8, 4) is 5.88 Å². The highest BCUT2D eigenvalue weighted by atomic mass is 19.1. The largest absolute Gasteiger partial charge is 0.481 e. The molecule has 0 aliphatic carbocycles. The van der Waals surface area contributed by atoms with E-state index in [9.17, 15) is 13.9 Å². The van der Waals surface area contributed by atoms with Crippen LogP contribution in [0.25, 0.3) is 0 Å². The van der Waals surface area contributed by atoms with Gasteiger partial charge in [-0.3, -0.25) is 0 Å². The van der Waals surface area contributed by atoms with Gasteiger partial charge in [-0.25, -0.2) is 18.7 Å². The van der Waals surface area contributed by atoms with Crippen LogP contribution in [0, 0.1) is 11.6 Å². The van der Waals surface area contributed by atoms with Crippen LogP contribution >= 0.6 is 0 Å². The standard InChI is InChI=1S/C13H12F2N2O2/c1-19-12-6-8(16-7-17-12)5-11(18)13-9(14)3-2-4-10(13)15/h2-4,6-7,11,18H,5H2,1H3. The van der Waals surface area contributed by atoms with Crippen LogP contribution in [0.5, 0.6) is 5.88 Å². The number of aliphatic hydroxyl groups excluding tert-OH is 1. The van der Waals surface area contributed by atoms with Gasteiger partial charge in [-0.05, 0) is 12.1 Å². The third-order valence-corrected chi connectivity index (χ3v) is 2.64. The van der Waals surface area contributed by atoms with Crippen molar-refractivity contribution in [2.75, 3.05) is 7.11 Å². The Morgan fingerprint density at radius 3 is 2.58 bits per heavy atom. The Morgan fingerprint density at radius 1 is 1.26 bits per heavy atom. The molecule has 4 nitrogen and oxygen atoms in total. The SMILES string of the molecule is COc1cc(CC(O)c2c(F)cccc2F)ncn1. The normalized spacial score (nSPS) is 12.2. The molecule has 0 aliphatic rings. The van der Waals surface area contributed by atoms with E-state index in [1.54, 1.807) is 0 Å². The highest BCUT2D eigenvalue weighted by molar-refractivity contribution is 5.24. The molecule has 2 aromatic rings. The Hall–Kier alpha value is -2.08. The second kappa shape index (κ2) is 5.71. The number of rotatable bonds is 4. The van der Waals surface area contributed by atoms with Crippen LogP contribution in [-0.2, 0) is 6.42 Å². The van der Waals surface area contributed by atoms with Gasteiger partial charge in [-0.15, -0.1) is 0 Å². The van der Waals surface area contributed by atoms with Gasteiger partial charge >= 0.3 is 0 Å². The maximum absolute atomic E-state index is 13.5. The molecule has 0 bridgehead atoms. The van der Waals surface area contributed by atoms with E-state index >= 15 is 0 Å². The van der Waals surface area contributed by atoms with Crippen molar-refractivity contribution >= 4 is 0 Å². The predicted molar refractivity (Wildman–Crippen MR) is 63.6 cm³/mol. The summed E-state index contributed by atoms with van der Waals surface area (Å²) in [4.78, 5) is 7.73. The van der Waals surface area contributed by atoms with Gasteiger partial charge in [-0.2, -0.15) is 0 Å². The van der Waals surface area contributed by atoms with Crippen molar-refractivity contribution in [1.29, 1.82) is 0 Å². The van der Waals surface area contributed by atoms with Gasteiger partial charge in [0.25, 0.3) is 0 Å². The van der Waals surface area contributed by atoms with E-state index in [0.29, 0.717) is 11.6 Å². The quantitative estimate of drug-likeness (QED) is 0.920. The zero-order valence-electron chi connectivity index (χ0n) is 10.2. The molecule has 1 aromatic heterocycles. The number of benzene rings is 1. The van der Waals surface area contributed by atoms with Gasteiger partial charge in [0.2, 0.25) is 5.88 Å². The number of aliphatic hydroxyl groups is 1. The molecule has 6 heteroatoms. The second-order valence-corrected chi connectivity index (χ2v) is 3.91. The average molecular weight is 266 g/mol. The van der Waals surface area contributed by atoms with Crippen LogP contribution in [0.15, 0.2) is 30.6 Å². The smallest absolute Gasteiger partial charge is 0.216 e. The summed E-state index contributed by atoms with van der Waals surface area (Å²) >= 11 is 0. The molecule has 0 fully saturated rings. The minimum atomic E-state index is -1.32. The molecule has 1 unspecified atom stereocenters. The van der Waals surface area contributed by atoms with Crippen molar-refractivity contribution < 1.29 is 18.6 Å². The second-order valence-electron chi connectivity index (χ2n) is 3.91. The summed E-state index contributed by atoms with van der Waals surface area (Å²) in [6.07, 6.45) is -0.0872. The van der Waals surface area contributed by atoms with Crippen LogP contribution in [0.3, 0.4) is 0 Å². The Balaban J connectivity index is 2.23. The third kappa shape index (κ3) is 3.03. The summed E-state index contributed by atoms with van der Waals surface area (Å²) in [7, 11) is 1.44. The lowest BCUT2D eigenvalue weighted by molar-refractivity contribution is 0.167. The minimum absolute atomic E-state index is 0.0310. The maximum Gasteiger partial charge on any atom is 0.216 e. The minimum Gasteiger partial charge on any atom is -0.481 e. The lowest BCUT2D eigenvalue weighted by Gasteiger charge is -2.12. The number of hydrogen-bond donors (Lipinski definition) is 1. The number of ether oxygens (including phenoxy) is 1. The van der Waals surface area contributed by atoms with Gasteiger partial charge in [0.1, 0.15) is 18.0 Å². The van der Waals surface area contributed by atoms with E-state index in [1.807, 2.05) is 0 Å². The summed E-state index contributed by atoms with van der Waals surface area (Å²) in [6, 6.07) is 4.95. The van der Waals surface area contributed by atoms with Crippen molar-refractivity contribution in [3.63, 3.8) is 0 Å². The van der Waals surface area contributed by atoms with Crippen molar-refractivity contribution in [2.24, 2.45) is 0 Å². The summed E-state index contributed by atoms with van der Waals surface area (Å²) in [5, 5.41) is 9.92. The fourth-order valence-corrected chi connectivity index (χ4v) is 1.73. The first kappa shape index (κ1) is 13.4. The van der Waals surface area contributed by atoms with Gasteiger partial charge in [0.15, 0.2) is 0 Å². The van der Waals surface area contributed by atoms with Crippen LogP contribution in [-0.4, -0.2) is 22.2 Å². The summed E-state index contributed by atoms with van der Waals surface area (Å²) in [5.41, 5.74) is 0.0714. The first-order valence-electron chi connectivity index (χ1n) is 5.58. The lowest BCUT2D eigenvalue weighted by Crippen LogP contribution is -2.08. The molecular weight excluding hydrogens is 254 g/mol. The summed E-state index contributed by atoms with van der Waals surface area (Å²) < 4.78 is 31.9. The molecule has 1 heterocycles. The van der Waals surface area contributed by atoms with Gasteiger partial charge in [0.05, 0.1) is 24.5 Å². The molecule has 0 saturated carbocycles. The van der Waals surface area contributed by atoms with Crippen molar-refractivity contribution in [3.05, 3.63) is 53.5 Å². The fraction of sp³-hybridized carbons (Fsp3) is 0.231. The van der Waals surface area contributed by atoms with E-state index in [1.165, 1.54) is 25.6 Å². The molecule has 1 aromatic carbocycles. The molecule has 0 amide bonds. The lowest BCUT2D eigenvalue weighted by atomic mass is 10.0. The molecule has 0 spiro atoms. The molecule has 0 radical (unpaired) electrons. The van der Waals surface area contributed by atoms with E-state index in [-0.39, 0.29) is 12.0 Å².